The van der Waals surface area contributed by atoms with Crippen LogP contribution in [0.4, 0.5) is 5.69 Å². The molecule has 0 aliphatic carbocycles. The van der Waals surface area contributed by atoms with Gasteiger partial charge < -0.3 is 15.1 Å². The molecule has 2 N–H and O–H groups in total. The van der Waals surface area contributed by atoms with E-state index in [0.29, 0.717) is 24.3 Å². The van der Waals surface area contributed by atoms with Crippen LogP contribution in [0.2, 0.25) is 0 Å². The first kappa shape index (κ1) is 9.96. The minimum Gasteiger partial charge on any atom is -0.467 e. The Morgan fingerprint density at radius 1 is 1.29 bits per heavy atom. The Kier molecular flexibility index (Phi) is 2.14. The summed E-state index contributed by atoms with van der Waals surface area (Å²) in [5.41, 5.74) is 8.17. The fourth-order valence-corrected chi connectivity index (χ4v) is 2.13. The zero-order valence-corrected chi connectivity index (χ0v) is 9.22. The van der Waals surface area contributed by atoms with Gasteiger partial charge in [0.15, 0.2) is 0 Å². The predicted molar refractivity (Wildman–Crippen MR) is 63.1 cm³/mol. The van der Waals surface area contributed by atoms with Crippen molar-refractivity contribution in [2.75, 3.05) is 5.73 Å². The van der Waals surface area contributed by atoms with Crippen LogP contribution >= 0.6 is 0 Å². The molecule has 0 saturated heterocycles. The first-order chi connectivity index (χ1) is 8.25. The van der Waals surface area contributed by atoms with E-state index in [1.54, 1.807) is 11.2 Å². The first-order valence-corrected chi connectivity index (χ1v) is 5.45. The van der Waals surface area contributed by atoms with Crippen LogP contribution in [0.3, 0.4) is 0 Å². The molecule has 0 bridgehead atoms. The van der Waals surface area contributed by atoms with Gasteiger partial charge in [-0.05, 0) is 24.3 Å². The van der Waals surface area contributed by atoms with E-state index in [1.165, 1.54) is 0 Å². The maximum atomic E-state index is 12.1. The van der Waals surface area contributed by atoms with Crippen molar-refractivity contribution in [3.05, 3.63) is 53.5 Å². The van der Waals surface area contributed by atoms with Gasteiger partial charge in [-0.1, -0.05) is 6.07 Å². The van der Waals surface area contributed by atoms with Crippen molar-refractivity contribution in [3.8, 4) is 0 Å². The van der Waals surface area contributed by atoms with Crippen LogP contribution in [0.5, 0.6) is 0 Å². The van der Waals surface area contributed by atoms with Crippen LogP contribution in [0.1, 0.15) is 21.7 Å². The molecule has 1 aliphatic heterocycles. The number of hydrogen-bond acceptors (Lipinski definition) is 3. The summed E-state index contributed by atoms with van der Waals surface area (Å²) < 4.78 is 5.25. The van der Waals surface area contributed by atoms with Crippen molar-refractivity contribution < 1.29 is 9.21 Å². The standard InChI is InChI=1S/C13H12N2O2/c14-12-5-1-4-10-11(12)8-15(13(10)16)7-9-3-2-6-17-9/h1-6H,7-8,14H2. The van der Waals surface area contributed by atoms with Crippen molar-refractivity contribution >= 4 is 11.6 Å². The second-order valence-corrected chi connectivity index (χ2v) is 4.11. The molecule has 0 atom stereocenters. The summed E-state index contributed by atoms with van der Waals surface area (Å²) >= 11 is 0. The molecular formula is C13H12N2O2. The maximum absolute atomic E-state index is 12.1. The average molecular weight is 228 g/mol. The first-order valence-electron chi connectivity index (χ1n) is 5.45. The summed E-state index contributed by atoms with van der Waals surface area (Å²) in [5, 5.41) is 0. The smallest absolute Gasteiger partial charge is 0.254 e. The number of rotatable bonds is 2. The zero-order valence-electron chi connectivity index (χ0n) is 9.22. The van der Waals surface area contributed by atoms with Crippen molar-refractivity contribution in [2.45, 2.75) is 13.1 Å². The monoisotopic (exact) mass is 228 g/mol. The lowest BCUT2D eigenvalue weighted by Gasteiger charge is -2.13. The normalized spacial score (nSPS) is 14.1. The van der Waals surface area contributed by atoms with Gasteiger partial charge in [0.25, 0.3) is 5.91 Å². The lowest BCUT2D eigenvalue weighted by atomic mass is 10.1. The molecule has 0 fully saturated rings. The van der Waals surface area contributed by atoms with E-state index in [-0.39, 0.29) is 5.91 Å². The van der Waals surface area contributed by atoms with Gasteiger partial charge in [-0.15, -0.1) is 0 Å². The number of benzene rings is 1. The lowest BCUT2D eigenvalue weighted by molar-refractivity contribution is 0.0755. The highest BCUT2D eigenvalue weighted by molar-refractivity contribution is 5.99. The molecular weight excluding hydrogens is 216 g/mol. The Labute approximate surface area is 98.6 Å². The minimum atomic E-state index is 0.0173. The Bertz CT molecular complexity index is 561. The van der Waals surface area contributed by atoms with Gasteiger partial charge in [-0.25, -0.2) is 0 Å². The van der Waals surface area contributed by atoms with E-state index >= 15 is 0 Å². The van der Waals surface area contributed by atoms with Gasteiger partial charge in [0.05, 0.1) is 12.8 Å². The van der Waals surface area contributed by atoms with E-state index < -0.39 is 0 Å². The number of amides is 1. The van der Waals surface area contributed by atoms with Crippen LogP contribution < -0.4 is 5.73 Å². The van der Waals surface area contributed by atoms with Crippen molar-refractivity contribution in [1.29, 1.82) is 0 Å². The van der Waals surface area contributed by atoms with Crippen molar-refractivity contribution in [3.63, 3.8) is 0 Å². The summed E-state index contributed by atoms with van der Waals surface area (Å²) in [4.78, 5) is 13.8. The molecule has 1 aromatic heterocycles. The molecule has 2 heterocycles. The average Bonchev–Trinajstić information content (AvgIpc) is 2.92. The number of fused-ring (bicyclic) bond motifs is 1. The molecule has 4 heteroatoms. The maximum Gasteiger partial charge on any atom is 0.254 e. The van der Waals surface area contributed by atoms with Gasteiger partial charge in [0.1, 0.15) is 5.76 Å². The number of carbonyl (C=O) groups excluding carboxylic acids is 1. The SMILES string of the molecule is Nc1cccc2c1CN(Cc1ccco1)C2=O. The van der Waals surface area contributed by atoms with Gasteiger partial charge in [-0.2, -0.15) is 0 Å². The van der Waals surface area contributed by atoms with Crippen LogP contribution in [-0.2, 0) is 13.1 Å². The third-order valence-corrected chi connectivity index (χ3v) is 3.01. The van der Waals surface area contributed by atoms with Gasteiger partial charge >= 0.3 is 0 Å². The molecule has 0 radical (unpaired) electrons. The molecule has 1 amide bonds. The fraction of sp³-hybridized carbons (Fsp3) is 0.154. The molecule has 0 spiro atoms. The summed E-state index contributed by atoms with van der Waals surface area (Å²) in [6.07, 6.45) is 1.61. The predicted octanol–water partition coefficient (Wildman–Crippen LogP) is 2.02. The van der Waals surface area contributed by atoms with Crippen LogP contribution in [0.25, 0.3) is 0 Å². The van der Waals surface area contributed by atoms with E-state index in [4.69, 9.17) is 10.2 Å². The van der Waals surface area contributed by atoms with E-state index in [1.807, 2.05) is 30.3 Å². The van der Waals surface area contributed by atoms with E-state index in [2.05, 4.69) is 0 Å². The summed E-state index contributed by atoms with van der Waals surface area (Å²) in [7, 11) is 0. The molecule has 1 aliphatic rings. The number of nitrogen functional groups attached to an aromatic ring is 1. The van der Waals surface area contributed by atoms with Crippen LogP contribution in [0.15, 0.2) is 41.0 Å². The largest absolute Gasteiger partial charge is 0.467 e. The fourth-order valence-electron chi connectivity index (χ4n) is 2.13. The molecule has 2 aromatic rings. The number of nitrogens with two attached hydrogens (primary N) is 1. The summed E-state index contributed by atoms with van der Waals surface area (Å²) in [5.74, 6) is 0.799. The Balaban J connectivity index is 1.89. The minimum absolute atomic E-state index is 0.0173. The Hall–Kier alpha value is -2.23. The molecule has 17 heavy (non-hydrogen) atoms. The second kappa shape index (κ2) is 3.66. The van der Waals surface area contributed by atoms with Crippen LogP contribution in [0, 0.1) is 0 Å². The van der Waals surface area contributed by atoms with Crippen LogP contribution in [-0.4, -0.2) is 10.8 Å². The molecule has 86 valence electrons. The molecule has 0 saturated carbocycles. The highest BCUT2D eigenvalue weighted by Crippen LogP contribution is 2.28. The van der Waals surface area contributed by atoms with Gasteiger partial charge in [-0.3, -0.25) is 4.79 Å². The summed E-state index contributed by atoms with van der Waals surface area (Å²) in [6.45, 7) is 1.04. The van der Waals surface area contributed by atoms with Crippen molar-refractivity contribution in [2.24, 2.45) is 0 Å². The molecule has 4 nitrogen and oxygen atoms in total. The second-order valence-electron chi connectivity index (χ2n) is 4.11. The third kappa shape index (κ3) is 1.58. The van der Waals surface area contributed by atoms with Gasteiger partial charge in [0.2, 0.25) is 0 Å². The Morgan fingerprint density at radius 3 is 2.88 bits per heavy atom. The highest BCUT2D eigenvalue weighted by Gasteiger charge is 2.28. The zero-order chi connectivity index (χ0) is 11.8. The van der Waals surface area contributed by atoms with Gasteiger partial charge in [0, 0.05) is 23.4 Å². The quantitative estimate of drug-likeness (QED) is 0.800. The third-order valence-electron chi connectivity index (χ3n) is 3.01. The molecule has 0 unspecified atom stereocenters. The van der Waals surface area contributed by atoms with Crippen molar-refractivity contribution in [1.82, 2.24) is 4.90 Å². The topological polar surface area (TPSA) is 59.5 Å². The Morgan fingerprint density at radius 2 is 2.18 bits per heavy atom. The summed E-state index contributed by atoms with van der Waals surface area (Å²) in [6, 6.07) is 9.12. The number of anilines is 1. The molecule has 1 aromatic carbocycles. The number of hydrogen-bond donors (Lipinski definition) is 1. The highest BCUT2D eigenvalue weighted by atomic mass is 16.3. The lowest BCUT2D eigenvalue weighted by Crippen LogP contribution is -2.22. The molecule has 3 rings (SSSR count). The van der Waals surface area contributed by atoms with E-state index in [9.17, 15) is 4.79 Å². The van der Waals surface area contributed by atoms with E-state index in [0.717, 1.165) is 11.3 Å². The number of furan rings is 1. The number of carbonyl (C=O) groups is 1. The number of nitrogens with zero attached hydrogens (tertiary/aromatic N) is 1.